The van der Waals surface area contributed by atoms with Crippen LogP contribution in [-0.4, -0.2) is 35.6 Å². The van der Waals surface area contributed by atoms with Crippen molar-refractivity contribution in [2.24, 2.45) is 7.05 Å². The molecule has 0 radical (unpaired) electrons. The monoisotopic (exact) mass is 334 g/mol. The molecule has 1 heterocycles. The number of hydrogen-bond donors (Lipinski definition) is 0. The Morgan fingerprint density at radius 2 is 1.80 bits per heavy atom. The van der Waals surface area contributed by atoms with E-state index < -0.39 is 0 Å². The van der Waals surface area contributed by atoms with Crippen LogP contribution in [0, 0.1) is 0 Å². The van der Waals surface area contributed by atoms with Crippen molar-refractivity contribution in [3.05, 3.63) is 65.4 Å². The zero-order valence-electron chi connectivity index (χ0n) is 14.8. The van der Waals surface area contributed by atoms with Crippen LogP contribution in [0.3, 0.4) is 0 Å². The predicted octanol–water partition coefficient (Wildman–Crippen LogP) is 3.43. The summed E-state index contributed by atoms with van der Waals surface area (Å²) in [7, 11) is 5.51. The lowest BCUT2D eigenvalue weighted by Crippen LogP contribution is -2.38. The van der Waals surface area contributed by atoms with Crippen molar-refractivity contribution < 1.29 is 9.53 Å². The van der Waals surface area contributed by atoms with Gasteiger partial charge in [-0.05, 0) is 48.2 Å². The first-order chi connectivity index (χ1) is 12.1. The summed E-state index contributed by atoms with van der Waals surface area (Å²) in [6.45, 7) is 0. The topological polar surface area (TPSA) is 34.5 Å². The minimum atomic E-state index is 0.0653. The van der Waals surface area contributed by atoms with Gasteiger partial charge in [0.1, 0.15) is 11.4 Å². The van der Waals surface area contributed by atoms with E-state index in [4.69, 9.17) is 4.74 Å². The van der Waals surface area contributed by atoms with Crippen molar-refractivity contribution in [1.82, 2.24) is 9.47 Å². The van der Waals surface area contributed by atoms with Crippen LogP contribution in [0.25, 0.3) is 10.9 Å². The molecule has 128 valence electrons. The largest absolute Gasteiger partial charge is 0.497 e. The van der Waals surface area contributed by atoms with Gasteiger partial charge in [-0.2, -0.15) is 0 Å². The molecule has 1 amide bonds. The van der Waals surface area contributed by atoms with Gasteiger partial charge in [0, 0.05) is 31.0 Å². The van der Waals surface area contributed by atoms with Gasteiger partial charge < -0.3 is 14.2 Å². The summed E-state index contributed by atoms with van der Waals surface area (Å²) in [6, 6.07) is 16.5. The molecule has 25 heavy (non-hydrogen) atoms. The first-order valence-electron chi connectivity index (χ1n) is 8.56. The molecule has 0 atom stereocenters. The molecule has 1 aliphatic carbocycles. The van der Waals surface area contributed by atoms with Crippen LogP contribution in [0.2, 0.25) is 0 Å². The number of carbonyl (C=O) groups is 1. The molecule has 3 aromatic rings. The molecule has 0 saturated carbocycles. The molecule has 0 bridgehead atoms. The summed E-state index contributed by atoms with van der Waals surface area (Å²) in [5.41, 5.74) is 4.46. The quantitative estimate of drug-likeness (QED) is 0.735. The summed E-state index contributed by atoms with van der Waals surface area (Å²) in [5, 5.41) is 1.02. The van der Waals surface area contributed by atoms with Gasteiger partial charge in [-0.25, -0.2) is 0 Å². The fourth-order valence-corrected chi connectivity index (χ4v) is 3.82. The van der Waals surface area contributed by atoms with Crippen LogP contribution in [0.4, 0.5) is 0 Å². The number of hydrogen-bond acceptors (Lipinski definition) is 2. The summed E-state index contributed by atoms with van der Waals surface area (Å²) in [4.78, 5) is 15.0. The SMILES string of the molecule is COc1ccc2c(c1)cc(C(=O)N(C)C1Cc3ccccc3C1)n2C. The van der Waals surface area contributed by atoms with E-state index in [0.717, 1.165) is 29.5 Å². The van der Waals surface area contributed by atoms with E-state index in [1.165, 1.54) is 11.1 Å². The lowest BCUT2D eigenvalue weighted by molar-refractivity contribution is 0.0728. The maximum atomic E-state index is 13.1. The molecule has 0 N–H and O–H groups in total. The molecule has 0 aliphatic heterocycles. The average molecular weight is 334 g/mol. The van der Waals surface area contributed by atoms with E-state index in [-0.39, 0.29) is 11.9 Å². The molecule has 2 aromatic carbocycles. The molecule has 4 heteroatoms. The Hall–Kier alpha value is -2.75. The van der Waals surface area contributed by atoms with Gasteiger partial charge in [0.25, 0.3) is 5.91 Å². The third kappa shape index (κ3) is 2.58. The summed E-state index contributed by atoms with van der Waals surface area (Å²) < 4.78 is 7.26. The maximum absolute atomic E-state index is 13.1. The van der Waals surface area contributed by atoms with Gasteiger partial charge in [0.15, 0.2) is 0 Å². The van der Waals surface area contributed by atoms with Crippen molar-refractivity contribution in [2.75, 3.05) is 14.2 Å². The van der Waals surface area contributed by atoms with Crippen LogP contribution in [0.5, 0.6) is 5.75 Å². The standard InChI is InChI=1S/C21H22N2O2/c1-22(17-10-14-6-4-5-7-15(14)11-17)21(24)20-13-16-12-18(25-3)8-9-19(16)23(20)2/h4-9,12-13,17H,10-11H2,1-3H3. The van der Waals surface area contributed by atoms with Crippen molar-refractivity contribution in [3.8, 4) is 5.75 Å². The van der Waals surface area contributed by atoms with Gasteiger partial charge in [0.05, 0.1) is 7.11 Å². The number of amides is 1. The van der Waals surface area contributed by atoms with E-state index in [1.54, 1.807) is 7.11 Å². The van der Waals surface area contributed by atoms with Crippen LogP contribution in [0.15, 0.2) is 48.5 Å². The second-order valence-electron chi connectivity index (χ2n) is 6.76. The fraction of sp³-hybridized carbons (Fsp3) is 0.286. The maximum Gasteiger partial charge on any atom is 0.270 e. The Labute approximate surface area is 147 Å². The highest BCUT2D eigenvalue weighted by molar-refractivity contribution is 5.99. The number of methoxy groups -OCH3 is 1. The first-order valence-corrected chi connectivity index (χ1v) is 8.56. The second kappa shape index (κ2) is 5.96. The number of nitrogens with zero attached hydrogens (tertiary/aromatic N) is 2. The van der Waals surface area contributed by atoms with Gasteiger partial charge in [0.2, 0.25) is 0 Å². The van der Waals surface area contributed by atoms with Crippen LogP contribution in [0.1, 0.15) is 21.6 Å². The number of ether oxygens (including phenoxy) is 1. The summed E-state index contributed by atoms with van der Waals surface area (Å²) in [6.07, 6.45) is 1.85. The van der Waals surface area contributed by atoms with Crippen LogP contribution < -0.4 is 4.74 Å². The van der Waals surface area contributed by atoms with Gasteiger partial charge in [-0.3, -0.25) is 4.79 Å². The Balaban J connectivity index is 1.63. The third-order valence-corrected chi connectivity index (χ3v) is 5.37. The lowest BCUT2D eigenvalue weighted by atomic mass is 10.1. The number of likely N-dealkylation sites (N-methyl/N-ethyl adjacent to an activating group) is 1. The fourth-order valence-electron chi connectivity index (χ4n) is 3.82. The van der Waals surface area contributed by atoms with E-state index in [0.29, 0.717) is 5.69 Å². The number of carbonyl (C=O) groups excluding carboxylic acids is 1. The number of benzene rings is 2. The molecule has 4 rings (SSSR count). The molecule has 1 aromatic heterocycles. The molecule has 0 fully saturated rings. The van der Waals surface area contributed by atoms with Crippen LogP contribution in [-0.2, 0) is 19.9 Å². The number of aromatic nitrogens is 1. The molecule has 1 aliphatic rings. The zero-order chi connectivity index (χ0) is 17.6. The smallest absolute Gasteiger partial charge is 0.270 e. The van der Waals surface area contributed by atoms with Gasteiger partial charge in [-0.1, -0.05) is 24.3 Å². The zero-order valence-corrected chi connectivity index (χ0v) is 14.8. The highest BCUT2D eigenvalue weighted by atomic mass is 16.5. The Bertz CT molecular complexity index is 933. The normalized spacial score (nSPS) is 13.9. The minimum absolute atomic E-state index is 0.0653. The van der Waals surface area contributed by atoms with E-state index in [2.05, 4.69) is 24.3 Å². The third-order valence-electron chi connectivity index (χ3n) is 5.37. The van der Waals surface area contributed by atoms with E-state index in [9.17, 15) is 4.79 Å². The summed E-state index contributed by atoms with van der Waals surface area (Å²) >= 11 is 0. The molecular formula is C21H22N2O2. The van der Waals surface area contributed by atoms with E-state index in [1.807, 2.05) is 47.8 Å². The number of rotatable bonds is 3. The Morgan fingerprint density at radius 3 is 2.44 bits per heavy atom. The van der Waals surface area contributed by atoms with Crippen LogP contribution >= 0.6 is 0 Å². The molecule has 0 unspecified atom stereocenters. The minimum Gasteiger partial charge on any atom is -0.497 e. The highest BCUT2D eigenvalue weighted by Crippen LogP contribution is 2.28. The van der Waals surface area contributed by atoms with Gasteiger partial charge >= 0.3 is 0 Å². The Kier molecular flexibility index (Phi) is 3.75. The van der Waals surface area contributed by atoms with Crippen molar-refractivity contribution >= 4 is 16.8 Å². The molecule has 4 nitrogen and oxygen atoms in total. The molecular weight excluding hydrogens is 312 g/mol. The van der Waals surface area contributed by atoms with Crippen molar-refractivity contribution in [1.29, 1.82) is 0 Å². The van der Waals surface area contributed by atoms with Crippen molar-refractivity contribution in [3.63, 3.8) is 0 Å². The molecule has 0 saturated heterocycles. The van der Waals surface area contributed by atoms with Crippen molar-refractivity contribution in [2.45, 2.75) is 18.9 Å². The first kappa shape index (κ1) is 15.8. The Morgan fingerprint density at radius 1 is 1.12 bits per heavy atom. The summed E-state index contributed by atoms with van der Waals surface area (Å²) in [5.74, 6) is 0.868. The lowest BCUT2D eigenvalue weighted by Gasteiger charge is -2.24. The average Bonchev–Trinajstić information content (AvgIpc) is 3.21. The number of fused-ring (bicyclic) bond motifs is 2. The second-order valence-corrected chi connectivity index (χ2v) is 6.76. The predicted molar refractivity (Wildman–Crippen MR) is 99.2 cm³/mol. The number of aryl methyl sites for hydroxylation is 1. The van der Waals surface area contributed by atoms with Gasteiger partial charge in [-0.15, -0.1) is 0 Å². The van der Waals surface area contributed by atoms with E-state index >= 15 is 0 Å². The molecule has 0 spiro atoms. The highest BCUT2D eigenvalue weighted by Gasteiger charge is 2.29.